The molecule has 0 bridgehead atoms. The monoisotopic (exact) mass is 220 g/mol. The van der Waals surface area contributed by atoms with Gasteiger partial charge in [-0.2, -0.15) is 0 Å². The standard InChI is InChI=1S/C16H28/c1-6-10-16(11-7-2)14(5)12-13-15(8-3)9-4/h8,12-13,16H,5-7,9-11H2,1-4H3/b13-12-,15-8-. The largest absolute Gasteiger partial charge is 0.0955 e. The average molecular weight is 220 g/mol. The molecule has 0 aliphatic heterocycles. The Bertz CT molecular complexity index is 237. The van der Waals surface area contributed by atoms with Gasteiger partial charge in [-0.3, -0.25) is 0 Å². The van der Waals surface area contributed by atoms with Crippen LogP contribution in [-0.2, 0) is 0 Å². The first-order valence-corrected chi connectivity index (χ1v) is 6.71. The van der Waals surface area contributed by atoms with E-state index in [1.807, 2.05) is 0 Å². The van der Waals surface area contributed by atoms with Gasteiger partial charge < -0.3 is 0 Å². The number of allylic oxidation sites excluding steroid dienone is 5. The third-order valence-corrected chi connectivity index (χ3v) is 3.09. The molecule has 0 N–H and O–H groups in total. The van der Waals surface area contributed by atoms with Crippen molar-refractivity contribution in [3.63, 3.8) is 0 Å². The van der Waals surface area contributed by atoms with Crippen molar-refractivity contribution in [1.82, 2.24) is 0 Å². The number of hydrogen-bond donors (Lipinski definition) is 0. The molecule has 0 radical (unpaired) electrons. The van der Waals surface area contributed by atoms with Gasteiger partial charge in [0.05, 0.1) is 0 Å². The van der Waals surface area contributed by atoms with Crippen LogP contribution in [0.5, 0.6) is 0 Å². The Morgan fingerprint density at radius 2 is 1.62 bits per heavy atom. The fraction of sp³-hybridized carbons (Fsp3) is 0.625. The van der Waals surface area contributed by atoms with E-state index in [-0.39, 0.29) is 0 Å². The van der Waals surface area contributed by atoms with Crippen LogP contribution in [0.25, 0.3) is 0 Å². The van der Waals surface area contributed by atoms with Crippen molar-refractivity contribution >= 4 is 0 Å². The molecule has 92 valence electrons. The highest BCUT2D eigenvalue weighted by Crippen LogP contribution is 2.22. The van der Waals surface area contributed by atoms with Gasteiger partial charge in [0.25, 0.3) is 0 Å². The van der Waals surface area contributed by atoms with Crippen LogP contribution in [0.15, 0.2) is 36.0 Å². The van der Waals surface area contributed by atoms with E-state index in [2.05, 4.69) is 52.5 Å². The lowest BCUT2D eigenvalue weighted by Gasteiger charge is -2.15. The minimum atomic E-state index is 0.682. The van der Waals surface area contributed by atoms with Gasteiger partial charge in [-0.05, 0) is 32.1 Å². The molecular formula is C16H28. The van der Waals surface area contributed by atoms with Gasteiger partial charge in [-0.15, -0.1) is 0 Å². The van der Waals surface area contributed by atoms with E-state index in [1.165, 1.54) is 36.8 Å². The molecule has 0 fully saturated rings. The molecular weight excluding hydrogens is 192 g/mol. The molecule has 0 aliphatic rings. The van der Waals surface area contributed by atoms with Crippen LogP contribution >= 0.6 is 0 Å². The van der Waals surface area contributed by atoms with E-state index in [1.54, 1.807) is 0 Å². The first-order chi connectivity index (χ1) is 7.69. The minimum absolute atomic E-state index is 0.682. The molecule has 0 atom stereocenters. The fourth-order valence-electron chi connectivity index (χ4n) is 1.98. The molecule has 0 spiro atoms. The van der Waals surface area contributed by atoms with Crippen molar-refractivity contribution in [3.05, 3.63) is 36.0 Å². The summed E-state index contributed by atoms with van der Waals surface area (Å²) in [6, 6.07) is 0. The van der Waals surface area contributed by atoms with E-state index in [0.29, 0.717) is 5.92 Å². The van der Waals surface area contributed by atoms with Gasteiger partial charge in [-0.1, -0.05) is 69.6 Å². The van der Waals surface area contributed by atoms with E-state index in [9.17, 15) is 0 Å². The second-order valence-corrected chi connectivity index (χ2v) is 4.40. The minimum Gasteiger partial charge on any atom is -0.0955 e. The second-order valence-electron chi connectivity index (χ2n) is 4.40. The molecule has 0 amide bonds. The molecule has 0 rings (SSSR count). The Kier molecular flexibility index (Phi) is 8.99. The summed E-state index contributed by atoms with van der Waals surface area (Å²) in [6.45, 7) is 13.0. The maximum Gasteiger partial charge on any atom is -0.0168 e. The highest BCUT2D eigenvalue weighted by atomic mass is 14.1. The van der Waals surface area contributed by atoms with Crippen molar-refractivity contribution < 1.29 is 0 Å². The third kappa shape index (κ3) is 5.95. The lowest BCUT2D eigenvalue weighted by Crippen LogP contribution is -2.01. The van der Waals surface area contributed by atoms with Crippen LogP contribution in [0.4, 0.5) is 0 Å². The summed E-state index contributed by atoms with van der Waals surface area (Å²) in [6.07, 6.45) is 12.8. The predicted octanol–water partition coefficient (Wildman–Crippen LogP) is 5.67. The van der Waals surface area contributed by atoms with Gasteiger partial charge in [0.2, 0.25) is 0 Å². The lowest BCUT2D eigenvalue weighted by atomic mass is 9.90. The molecule has 0 aromatic heterocycles. The highest BCUT2D eigenvalue weighted by Gasteiger charge is 2.07. The molecule has 0 heteroatoms. The van der Waals surface area contributed by atoms with Crippen molar-refractivity contribution in [2.75, 3.05) is 0 Å². The smallest absolute Gasteiger partial charge is 0.0168 e. The van der Waals surface area contributed by atoms with E-state index in [0.717, 1.165) is 6.42 Å². The highest BCUT2D eigenvalue weighted by molar-refractivity contribution is 5.27. The summed E-state index contributed by atoms with van der Waals surface area (Å²) >= 11 is 0. The molecule has 0 heterocycles. The summed E-state index contributed by atoms with van der Waals surface area (Å²) in [4.78, 5) is 0. The van der Waals surface area contributed by atoms with Gasteiger partial charge in [-0.25, -0.2) is 0 Å². The van der Waals surface area contributed by atoms with E-state index >= 15 is 0 Å². The molecule has 16 heavy (non-hydrogen) atoms. The molecule has 0 aliphatic carbocycles. The van der Waals surface area contributed by atoms with Crippen molar-refractivity contribution in [2.24, 2.45) is 5.92 Å². The Morgan fingerprint density at radius 1 is 1.06 bits per heavy atom. The summed E-state index contributed by atoms with van der Waals surface area (Å²) in [5.41, 5.74) is 2.70. The SMILES string of the molecule is C=C(/C=C\C(=C/C)CC)C(CCC)CCC. The Balaban J connectivity index is 4.39. The van der Waals surface area contributed by atoms with Crippen LogP contribution in [-0.4, -0.2) is 0 Å². The quantitative estimate of drug-likeness (QED) is 0.462. The Labute approximate surface area is 102 Å². The summed E-state index contributed by atoms with van der Waals surface area (Å²) in [7, 11) is 0. The predicted molar refractivity (Wildman–Crippen MR) is 75.6 cm³/mol. The zero-order valence-corrected chi connectivity index (χ0v) is 11.6. The van der Waals surface area contributed by atoms with Crippen molar-refractivity contribution in [1.29, 1.82) is 0 Å². The van der Waals surface area contributed by atoms with Crippen molar-refractivity contribution in [3.8, 4) is 0 Å². The fourth-order valence-corrected chi connectivity index (χ4v) is 1.98. The molecule has 0 aromatic carbocycles. The average Bonchev–Trinajstić information content (AvgIpc) is 2.30. The van der Waals surface area contributed by atoms with Gasteiger partial charge in [0.1, 0.15) is 0 Å². The maximum absolute atomic E-state index is 4.22. The zero-order valence-electron chi connectivity index (χ0n) is 11.6. The van der Waals surface area contributed by atoms with Crippen LogP contribution < -0.4 is 0 Å². The molecule has 0 aromatic rings. The summed E-state index contributed by atoms with van der Waals surface area (Å²) in [5, 5.41) is 0. The first kappa shape index (κ1) is 15.2. The Morgan fingerprint density at radius 3 is 2.00 bits per heavy atom. The third-order valence-electron chi connectivity index (χ3n) is 3.09. The second kappa shape index (κ2) is 9.45. The Hall–Kier alpha value is -0.780. The number of rotatable bonds is 8. The van der Waals surface area contributed by atoms with Crippen LogP contribution in [0.3, 0.4) is 0 Å². The van der Waals surface area contributed by atoms with E-state index in [4.69, 9.17) is 0 Å². The van der Waals surface area contributed by atoms with Gasteiger partial charge in [0.15, 0.2) is 0 Å². The van der Waals surface area contributed by atoms with E-state index < -0.39 is 0 Å². The van der Waals surface area contributed by atoms with Crippen LogP contribution in [0.1, 0.15) is 59.8 Å². The van der Waals surface area contributed by atoms with Gasteiger partial charge >= 0.3 is 0 Å². The topological polar surface area (TPSA) is 0 Å². The molecule has 0 saturated carbocycles. The normalized spacial score (nSPS) is 12.7. The van der Waals surface area contributed by atoms with Gasteiger partial charge in [0, 0.05) is 0 Å². The molecule has 0 saturated heterocycles. The number of hydrogen-bond acceptors (Lipinski definition) is 0. The molecule has 0 nitrogen and oxygen atoms in total. The lowest BCUT2D eigenvalue weighted by molar-refractivity contribution is 0.514. The van der Waals surface area contributed by atoms with Crippen LogP contribution in [0, 0.1) is 5.92 Å². The maximum atomic E-state index is 4.22. The molecule has 0 unspecified atom stereocenters. The first-order valence-electron chi connectivity index (χ1n) is 6.71. The van der Waals surface area contributed by atoms with Crippen molar-refractivity contribution in [2.45, 2.75) is 59.8 Å². The summed E-state index contributed by atoms with van der Waals surface area (Å²) in [5.74, 6) is 0.682. The zero-order chi connectivity index (χ0) is 12.4. The van der Waals surface area contributed by atoms with Crippen LogP contribution in [0.2, 0.25) is 0 Å². The summed E-state index contributed by atoms with van der Waals surface area (Å²) < 4.78 is 0.